The summed E-state index contributed by atoms with van der Waals surface area (Å²) in [7, 11) is 0. The van der Waals surface area contributed by atoms with Crippen molar-refractivity contribution < 1.29 is 4.79 Å². The van der Waals surface area contributed by atoms with Crippen LogP contribution < -0.4 is 0 Å². The third-order valence-electron chi connectivity index (χ3n) is 1.96. The van der Waals surface area contributed by atoms with Gasteiger partial charge < -0.3 is 0 Å². The van der Waals surface area contributed by atoms with Gasteiger partial charge in [-0.3, -0.25) is 4.79 Å². The molecule has 0 radical (unpaired) electrons. The van der Waals surface area contributed by atoms with E-state index in [1.807, 2.05) is 0 Å². The Morgan fingerprint density at radius 1 is 1.50 bits per heavy atom. The summed E-state index contributed by atoms with van der Waals surface area (Å²) in [6, 6.07) is 0. The second kappa shape index (κ2) is 5.75. The predicted molar refractivity (Wildman–Crippen MR) is 58.6 cm³/mol. The maximum atomic E-state index is 11.6. The highest BCUT2D eigenvalue weighted by Gasteiger charge is 2.08. The summed E-state index contributed by atoms with van der Waals surface area (Å²) < 4.78 is 0. The van der Waals surface area contributed by atoms with Crippen molar-refractivity contribution in [3.63, 3.8) is 0 Å². The number of hydrogen-bond acceptors (Lipinski definition) is 4. The van der Waals surface area contributed by atoms with Gasteiger partial charge in [0.15, 0.2) is 5.78 Å². The molecule has 0 amide bonds. The van der Waals surface area contributed by atoms with Crippen molar-refractivity contribution >= 4 is 17.5 Å². The smallest absolute Gasteiger partial charge is 0.175 e. The molecule has 0 aliphatic heterocycles. The summed E-state index contributed by atoms with van der Waals surface area (Å²) in [5.41, 5.74) is 0.600. The first-order valence-corrected chi connectivity index (χ1v) is 5.68. The van der Waals surface area contributed by atoms with Crippen molar-refractivity contribution in [3.05, 3.63) is 24.3 Å². The van der Waals surface area contributed by atoms with E-state index in [1.54, 1.807) is 24.2 Å². The second-order valence-electron chi connectivity index (χ2n) is 3.08. The number of carbonyl (C=O) groups is 1. The standard InChI is InChI=1S/C10H14N2OS/c1-3-8(2)14-6-10(13)9-4-11-7-12-5-9/h4-5,7-8H,3,6H2,1-2H3. The van der Waals surface area contributed by atoms with Crippen LogP contribution in [0.1, 0.15) is 30.6 Å². The van der Waals surface area contributed by atoms with Crippen LogP contribution in [0.3, 0.4) is 0 Å². The van der Waals surface area contributed by atoms with Gasteiger partial charge in [-0.1, -0.05) is 13.8 Å². The Hall–Kier alpha value is -0.900. The molecular formula is C10H14N2OS. The summed E-state index contributed by atoms with van der Waals surface area (Å²) in [6.45, 7) is 4.24. The first kappa shape index (κ1) is 11.2. The van der Waals surface area contributed by atoms with E-state index in [2.05, 4.69) is 23.8 Å². The molecule has 1 aromatic heterocycles. The van der Waals surface area contributed by atoms with Crippen LogP contribution in [0, 0.1) is 0 Å². The third-order valence-corrected chi connectivity index (χ3v) is 3.29. The maximum Gasteiger partial charge on any atom is 0.175 e. The molecule has 1 unspecified atom stereocenters. The highest BCUT2D eigenvalue weighted by atomic mass is 32.2. The highest BCUT2D eigenvalue weighted by Crippen LogP contribution is 2.14. The molecule has 0 spiro atoms. The molecule has 3 nitrogen and oxygen atoms in total. The van der Waals surface area contributed by atoms with Gasteiger partial charge in [-0.2, -0.15) is 11.8 Å². The van der Waals surface area contributed by atoms with Crippen molar-refractivity contribution in [1.29, 1.82) is 0 Å². The number of carbonyl (C=O) groups excluding carboxylic acids is 1. The summed E-state index contributed by atoms with van der Waals surface area (Å²) in [5.74, 6) is 0.624. The molecular weight excluding hydrogens is 196 g/mol. The molecule has 1 atom stereocenters. The number of aromatic nitrogens is 2. The summed E-state index contributed by atoms with van der Waals surface area (Å²) in [5, 5.41) is 0.531. The zero-order valence-corrected chi connectivity index (χ0v) is 9.25. The number of rotatable bonds is 5. The van der Waals surface area contributed by atoms with Crippen LogP contribution in [0.5, 0.6) is 0 Å². The molecule has 4 heteroatoms. The van der Waals surface area contributed by atoms with E-state index in [0.717, 1.165) is 6.42 Å². The number of ketones is 1. The molecule has 0 saturated carbocycles. The lowest BCUT2D eigenvalue weighted by Crippen LogP contribution is -2.06. The number of Topliss-reactive ketones (excluding diaryl/α,β-unsaturated/α-hetero) is 1. The van der Waals surface area contributed by atoms with Crippen LogP contribution in [-0.4, -0.2) is 26.8 Å². The third kappa shape index (κ3) is 3.46. The van der Waals surface area contributed by atoms with Crippen LogP contribution in [-0.2, 0) is 0 Å². The van der Waals surface area contributed by atoms with E-state index in [1.165, 1.54) is 6.33 Å². The zero-order chi connectivity index (χ0) is 10.4. The number of thioether (sulfide) groups is 1. The molecule has 0 aliphatic carbocycles. The van der Waals surface area contributed by atoms with E-state index in [4.69, 9.17) is 0 Å². The monoisotopic (exact) mass is 210 g/mol. The highest BCUT2D eigenvalue weighted by molar-refractivity contribution is 8.00. The minimum atomic E-state index is 0.107. The lowest BCUT2D eigenvalue weighted by Gasteiger charge is -2.06. The first-order valence-electron chi connectivity index (χ1n) is 4.63. The average molecular weight is 210 g/mol. The van der Waals surface area contributed by atoms with Crippen molar-refractivity contribution in [2.45, 2.75) is 25.5 Å². The van der Waals surface area contributed by atoms with Crippen LogP contribution in [0.4, 0.5) is 0 Å². The average Bonchev–Trinajstić information content (AvgIpc) is 2.26. The van der Waals surface area contributed by atoms with Crippen molar-refractivity contribution in [3.8, 4) is 0 Å². The van der Waals surface area contributed by atoms with Gasteiger partial charge in [-0.05, 0) is 6.42 Å². The van der Waals surface area contributed by atoms with Gasteiger partial charge >= 0.3 is 0 Å². The van der Waals surface area contributed by atoms with Crippen LogP contribution >= 0.6 is 11.8 Å². The van der Waals surface area contributed by atoms with Gasteiger partial charge in [-0.25, -0.2) is 9.97 Å². The minimum Gasteiger partial charge on any atom is -0.293 e. The van der Waals surface area contributed by atoms with E-state index in [-0.39, 0.29) is 5.78 Å². The Balaban J connectivity index is 2.44. The minimum absolute atomic E-state index is 0.107. The predicted octanol–water partition coefficient (Wildman–Crippen LogP) is 2.19. The summed E-state index contributed by atoms with van der Waals surface area (Å²) >= 11 is 1.67. The molecule has 0 saturated heterocycles. The van der Waals surface area contributed by atoms with Gasteiger partial charge in [0.25, 0.3) is 0 Å². The fourth-order valence-corrected chi connectivity index (χ4v) is 1.70. The van der Waals surface area contributed by atoms with Crippen LogP contribution in [0.25, 0.3) is 0 Å². The van der Waals surface area contributed by atoms with Gasteiger partial charge in [0.2, 0.25) is 0 Å². The normalized spacial score (nSPS) is 12.4. The van der Waals surface area contributed by atoms with E-state index in [9.17, 15) is 4.79 Å². The van der Waals surface area contributed by atoms with E-state index < -0.39 is 0 Å². The largest absolute Gasteiger partial charge is 0.293 e. The van der Waals surface area contributed by atoms with Gasteiger partial charge in [-0.15, -0.1) is 0 Å². The SMILES string of the molecule is CCC(C)SCC(=O)c1cncnc1. The van der Waals surface area contributed by atoms with E-state index in [0.29, 0.717) is 16.6 Å². The Labute approximate surface area is 88.3 Å². The molecule has 0 bridgehead atoms. The molecule has 0 aliphatic rings. The molecule has 1 heterocycles. The fraction of sp³-hybridized carbons (Fsp3) is 0.500. The second-order valence-corrected chi connectivity index (χ2v) is 4.51. The van der Waals surface area contributed by atoms with Gasteiger partial charge in [0.1, 0.15) is 6.33 Å². The molecule has 0 N–H and O–H groups in total. The number of nitrogens with zero attached hydrogens (tertiary/aromatic N) is 2. The Bertz CT molecular complexity index is 289. The van der Waals surface area contributed by atoms with Crippen molar-refractivity contribution in [2.75, 3.05) is 5.75 Å². The topological polar surface area (TPSA) is 42.9 Å². The lowest BCUT2D eigenvalue weighted by atomic mass is 10.2. The Kier molecular flexibility index (Phi) is 4.59. The lowest BCUT2D eigenvalue weighted by molar-refractivity contribution is 0.102. The molecule has 1 aromatic rings. The van der Waals surface area contributed by atoms with Crippen LogP contribution in [0.15, 0.2) is 18.7 Å². The molecule has 0 aromatic carbocycles. The van der Waals surface area contributed by atoms with Gasteiger partial charge in [0.05, 0.1) is 11.3 Å². The quantitative estimate of drug-likeness (QED) is 0.699. The Morgan fingerprint density at radius 2 is 2.14 bits per heavy atom. The van der Waals surface area contributed by atoms with E-state index >= 15 is 0 Å². The Morgan fingerprint density at radius 3 is 2.71 bits per heavy atom. The summed E-state index contributed by atoms with van der Waals surface area (Å²) in [6.07, 6.45) is 5.64. The van der Waals surface area contributed by atoms with Gasteiger partial charge in [0, 0.05) is 17.6 Å². The fourth-order valence-electron chi connectivity index (χ4n) is 0.862. The zero-order valence-electron chi connectivity index (χ0n) is 8.43. The first-order chi connectivity index (χ1) is 6.74. The molecule has 14 heavy (non-hydrogen) atoms. The van der Waals surface area contributed by atoms with Crippen LogP contribution in [0.2, 0.25) is 0 Å². The maximum absolute atomic E-state index is 11.6. The number of hydrogen-bond donors (Lipinski definition) is 0. The molecule has 1 rings (SSSR count). The van der Waals surface area contributed by atoms with Crippen molar-refractivity contribution in [2.24, 2.45) is 0 Å². The molecule has 76 valence electrons. The molecule has 0 fully saturated rings. The van der Waals surface area contributed by atoms with Crippen molar-refractivity contribution in [1.82, 2.24) is 9.97 Å². The summed E-state index contributed by atoms with van der Waals surface area (Å²) in [4.78, 5) is 19.2.